The number of sulfonamides is 1. The van der Waals surface area contributed by atoms with E-state index in [2.05, 4.69) is 5.16 Å². The number of hydrogen-bond donors (Lipinski definition) is 0. The predicted molar refractivity (Wildman–Crippen MR) is 81.8 cm³/mol. The summed E-state index contributed by atoms with van der Waals surface area (Å²) >= 11 is 0. The zero-order chi connectivity index (χ0) is 16.7. The molecule has 1 saturated heterocycles. The van der Waals surface area contributed by atoms with Gasteiger partial charge in [0.15, 0.2) is 15.6 Å². The molecular weight excluding hydrogens is 328 g/mol. The average molecular weight is 350 g/mol. The summed E-state index contributed by atoms with van der Waals surface area (Å²) in [5.41, 5.74) is 0.298. The number of aryl methyl sites for hydroxylation is 2. The molecule has 2 rings (SSSR count). The Kier molecular flexibility index (Phi) is 4.70. The van der Waals surface area contributed by atoms with Gasteiger partial charge in [-0.15, -0.1) is 0 Å². The summed E-state index contributed by atoms with van der Waals surface area (Å²) in [5, 5.41) is 3.70. The number of hydrogen-bond acceptors (Lipinski definition) is 6. The van der Waals surface area contributed by atoms with Crippen molar-refractivity contribution in [3.05, 3.63) is 11.5 Å². The second kappa shape index (κ2) is 5.93. The summed E-state index contributed by atoms with van der Waals surface area (Å²) in [4.78, 5) is 0.0532. The Balaban J connectivity index is 2.45. The molecule has 1 aliphatic rings. The van der Waals surface area contributed by atoms with Crippen LogP contribution in [-0.4, -0.2) is 50.4 Å². The molecule has 0 N–H and O–H groups in total. The number of aromatic nitrogens is 1. The lowest BCUT2D eigenvalue weighted by Gasteiger charge is -2.28. The third-order valence-corrected chi connectivity index (χ3v) is 7.61. The van der Waals surface area contributed by atoms with E-state index in [4.69, 9.17) is 4.52 Å². The second-order valence-corrected chi connectivity index (χ2v) is 10.2. The smallest absolute Gasteiger partial charge is 0.248 e. The molecule has 0 saturated carbocycles. The normalized spacial score (nSPS) is 21.8. The fourth-order valence-electron chi connectivity index (χ4n) is 2.77. The molecule has 0 spiro atoms. The van der Waals surface area contributed by atoms with Crippen LogP contribution in [0.4, 0.5) is 0 Å². The summed E-state index contributed by atoms with van der Waals surface area (Å²) in [6, 6.07) is -0.522. The minimum Gasteiger partial charge on any atom is -0.360 e. The fourth-order valence-corrected chi connectivity index (χ4v) is 6.70. The first-order valence-corrected chi connectivity index (χ1v) is 10.5. The van der Waals surface area contributed by atoms with Crippen molar-refractivity contribution in [1.29, 1.82) is 0 Å². The first kappa shape index (κ1) is 17.4. The van der Waals surface area contributed by atoms with Gasteiger partial charge in [-0.05, 0) is 26.2 Å². The fraction of sp³-hybridized carbons (Fsp3) is 0.769. The van der Waals surface area contributed by atoms with Gasteiger partial charge in [0.25, 0.3) is 0 Å². The Morgan fingerprint density at radius 2 is 2.00 bits per heavy atom. The molecule has 7 nitrogen and oxygen atoms in total. The van der Waals surface area contributed by atoms with Crippen molar-refractivity contribution in [3.8, 4) is 0 Å². The van der Waals surface area contributed by atoms with Gasteiger partial charge in [-0.2, -0.15) is 4.31 Å². The van der Waals surface area contributed by atoms with E-state index in [-0.39, 0.29) is 34.6 Å². The van der Waals surface area contributed by atoms with Gasteiger partial charge in [-0.3, -0.25) is 0 Å². The first-order valence-electron chi connectivity index (χ1n) is 7.19. The van der Waals surface area contributed by atoms with Crippen molar-refractivity contribution in [2.24, 2.45) is 5.92 Å². The minimum atomic E-state index is -3.84. The van der Waals surface area contributed by atoms with E-state index >= 15 is 0 Å². The Bertz CT molecular complexity index is 730. The van der Waals surface area contributed by atoms with Crippen LogP contribution < -0.4 is 0 Å². The van der Waals surface area contributed by atoms with E-state index in [1.54, 1.807) is 13.8 Å². The van der Waals surface area contributed by atoms with E-state index < -0.39 is 25.9 Å². The van der Waals surface area contributed by atoms with Gasteiger partial charge in [0.1, 0.15) is 10.6 Å². The molecule has 126 valence electrons. The average Bonchev–Trinajstić information content (AvgIpc) is 2.89. The van der Waals surface area contributed by atoms with Crippen LogP contribution in [0, 0.1) is 19.8 Å². The van der Waals surface area contributed by atoms with Crippen LogP contribution in [0.1, 0.15) is 31.7 Å². The van der Waals surface area contributed by atoms with Gasteiger partial charge >= 0.3 is 0 Å². The molecule has 2 heterocycles. The highest BCUT2D eigenvalue weighted by molar-refractivity contribution is 7.92. The van der Waals surface area contributed by atoms with Gasteiger partial charge in [0, 0.05) is 12.6 Å². The predicted octanol–water partition coefficient (Wildman–Crippen LogP) is 1.13. The summed E-state index contributed by atoms with van der Waals surface area (Å²) in [7, 11) is -7.01. The Labute approximate surface area is 131 Å². The quantitative estimate of drug-likeness (QED) is 0.789. The molecule has 0 amide bonds. The molecule has 1 atom stereocenters. The molecule has 0 aromatic carbocycles. The van der Waals surface area contributed by atoms with Gasteiger partial charge < -0.3 is 4.52 Å². The van der Waals surface area contributed by atoms with Crippen molar-refractivity contribution in [2.45, 2.75) is 45.1 Å². The zero-order valence-corrected chi connectivity index (χ0v) is 14.9. The van der Waals surface area contributed by atoms with Crippen LogP contribution in [0.25, 0.3) is 0 Å². The van der Waals surface area contributed by atoms with Crippen LogP contribution in [-0.2, 0) is 19.9 Å². The van der Waals surface area contributed by atoms with Crippen molar-refractivity contribution in [2.75, 3.05) is 18.1 Å². The maximum absolute atomic E-state index is 13.0. The maximum Gasteiger partial charge on any atom is 0.248 e. The Morgan fingerprint density at radius 1 is 1.36 bits per heavy atom. The molecular formula is C13H22N2O5S2. The summed E-state index contributed by atoms with van der Waals surface area (Å²) < 4.78 is 55.7. The van der Waals surface area contributed by atoms with Crippen molar-refractivity contribution in [1.82, 2.24) is 9.46 Å². The highest BCUT2D eigenvalue weighted by Crippen LogP contribution is 2.29. The second-order valence-electron chi connectivity index (χ2n) is 6.18. The van der Waals surface area contributed by atoms with E-state index in [0.29, 0.717) is 12.1 Å². The van der Waals surface area contributed by atoms with Gasteiger partial charge in [0.2, 0.25) is 10.0 Å². The standard InChI is InChI=1S/C13H22N2O5S2/c1-9(2)7-15(12-5-6-21(16,17)8-12)22(18,19)13-10(3)14-20-11(13)4/h9,12H,5-8H2,1-4H3/t12-/m0/s1. The minimum absolute atomic E-state index is 0.0311. The molecule has 9 heteroatoms. The van der Waals surface area contributed by atoms with Crippen molar-refractivity contribution < 1.29 is 21.4 Å². The molecule has 1 aromatic heterocycles. The topological polar surface area (TPSA) is 97.6 Å². The van der Waals surface area contributed by atoms with E-state index in [0.717, 1.165) is 0 Å². The lowest BCUT2D eigenvalue weighted by Crippen LogP contribution is -2.43. The van der Waals surface area contributed by atoms with Gasteiger partial charge in [-0.1, -0.05) is 19.0 Å². The Morgan fingerprint density at radius 3 is 2.41 bits per heavy atom. The SMILES string of the molecule is Cc1noc(C)c1S(=O)(=O)N(CC(C)C)[C@H]1CCS(=O)(=O)C1. The summed E-state index contributed by atoms with van der Waals surface area (Å²) in [6.45, 7) is 7.19. The largest absolute Gasteiger partial charge is 0.360 e. The zero-order valence-electron chi connectivity index (χ0n) is 13.2. The van der Waals surface area contributed by atoms with E-state index in [9.17, 15) is 16.8 Å². The third kappa shape index (κ3) is 3.36. The molecule has 0 aliphatic carbocycles. The van der Waals surface area contributed by atoms with Gasteiger partial charge in [0.05, 0.1) is 11.5 Å². The monoisotopic (exact) mass is 350 g/mol. The van der Waals surface area contributed by atoms with Crippen molar-refractivity contribution >= 4 is 19.9 Å². The lowest BCUT2D eigenvalue weighted by molar-refractivity contribution is 0.307. The first-order chi connectivity index (χ1) is 10.0. The molecule has 1 aliphatic heterocycles. The maximum atomic E-state index is 13.0. The number of nitrogens with zero attached hydrogens (tertiary/aromatic N) is 2. The number of sulfone groups is 1. The highest BCUT2D eigenvalue weighted by Gasteiger charge is 2.41. The highest BCUT2D eigenvalue weighted by atomic mass is 32.2. The van der Waals surface area contributed by atoms with Crippen LogP contribution in [0.2, 0.25) is 0 Å². The summed E-state index contributed by atoms with van der Waals surface area (Å²) in [6.07, 6.45) is 0.331. The Hall–Kier alpha value is -0.930. The molecule has 22 heavy (non-hydrogen) atoms. The molecule has 0 bridgehead atoms. The van der Waals surface area contributed by atoms with Crippen LogP contribution >= 0.6 is 0 Å². The number of rotatable bonds is 5. The van der Waals surface area contributed by atoms with E-state index in [1.807, 2.05) is 13.8 Å². The van der Waals surface area contributed by atoms with Crippen LogP contribution in [0.15, 0.2) is 9.42 Å². The third-order valence-electron chi connectivity index (χ3n) is 3.70. The van der Waals surface area contributed by atoms with Crippen LogP contribution in [0.5, 0.6) is 0 Å². The summed E-state index contributed by atoms with van der Waals surface area (Å²) in [5.74, 6) is 0.219. The van der Waals surface area contributed by atoms with Gasteiger partial charge in [-0.25, -0.2) is 16.8 Å². The van der Waals surface area contributed by atoms with E-state index in [1.165, 1.54) is 4.31 Å². The molecule has 0 unspecified atom stereocenters. The van der Waals surface area contributed by atoms with Crippen LogP contribution in [0.3, 0.4) is 0 Å². The molecule has 1 fully saturated rings. The van der Waals surface area contributed by atoms with Crippen molar-refractivity contribution in [3.63, 3.8) is 0 Å². The molecule has 0 radical (unpaired) electrons. The molecule has 1 aromatic rings. The lowest BCUT2D eigenvalue weighted by atomic mass is 10.2.